The summed E-state index contributed by atoms with van der Waals surface area (Å²) in [7, 11) is 3.76. The molecule has 0 aromatic carbocycles. The molecule has 0 aliphatic carbocycles. The van der Waals surface area contributed by atoms with Crippen molar-refractivity contribution in [2.45, 2.75) is 32.8 Å². The molecular formula is C12H27N3O2. The topological polar surface area (TPSA) is 78.6 Å². The van der Waals surface area contributed by atoms with Gasteiger partial charge in [-0.2, -0.15) is 0 Å². The molecule has 0 rings (SSSR count). The Balaban J connectivity index is 4.33. The lowest BCUT2D eigenvalue weighted by molar-refractivity contribution is -0.131. The van der Waals surface area contributed by atoms with E-state index in [9.17, 15) is 9.90 Å². The normalized spacial score (nSPS) is 18.6. The van der Waals surface area contributed by atoms with Crippen LogP contribution in [0.5, 0.6) is 0 Å². The fourth-order valence-electron chi connectivity index (χ4n) is 1.62. The minimum Gasteiger partial charge on any atom is -0.387 e. The Morgan fingerprint density at radius 2 is 1.94 bits per heavy atom. The first kappa shape index (κ1) is 16.4. The van der Waals surface area contributed by atoms with Crippen LogP contribution in [0.2, 0.25) is 0 Å². The van der Waals surface area contributed by atoms with Crippen molar-refractivity contribution < 1.29 is 9.90 Å². The third-order valence-corrected chi connectivity index (χ3v) is 3.07. The summed E-state index contributed by atoms with van der Waals surface area (Å²) in [5.74, 6) is -0.0958. The van der Waals surface area contributed by atoms with Gasteiger partial charge in [-0.05, 0) is 34.4 Å². The summed E-state index contributed by atoms with van der Waals surface area (Å²) >= 11 is 0. The van der Waals surface area contributed by atoms with Crippen LogP contribution in [-0.4, -0.2) is 55.2 Å². The van der Waals surface area contributed by atoms with E-state index in [1.165, 1.54) is 0 Å². The quantitative estimate of drug-likeness (QED) is 0.580. The SMILES string of the molecule is CCC(C)(CN)C(=O)NCC(C)(O)CN(C)C. The number of nitrogens with zero attached hydrogens (tertiary/aromatic N) is 1. The average molecular weight is 245 g/mol. The third kappa shape index (κ3) is 5.48. The van der Waals surface area contributed by atoms with Gasteiger partial charge in [0.05, 0.1) is 11.0 Å². The van der Waals surface area contributed by atoms with E-state index in [4.69, 9.17) is 5.73 Å². The standard InChI is InChI=1S/C12H27N3O2/c1-6-11(2,7-13)10(16)14-8-12(3,17)9-15(4)5/h17H,6-9,13H2,1-5H3,(H,14,16). The molecule has 102 valence electrons. The van der Waals surface area contributed by atoms with Crippen LogP contribution in [-0.2, 0) is 4.79 Å². The highest BCUT2D eigenvalue weighted by Gasteiger charge is 2.31. The Morgan fingerprint density at radius 3 is 2.29 bits per heavy atom. The summed E-state index contributed by atoms with van der Waals surface area (Å²) in [5, 5.41) is 12.8. The number of hydrogen-bond donors (Lipinski definition) is 3. The molecule has 0 aromatic heterocycles. The van der Waals surface area contributed by atoms with Crippen LogP contribution in [0.4, 0.5) is 0 Å². The summed E-state index contributed by atoms with van der Waals surface area (Å²) in [4.78, 5) is 13.8. The van der Waals surface area contributed by atoms with E-state index >= 15 is 0 Å². The first-order valence-electron chi connectivity index (χ1n) is 6.02. The number of nitrogens with two attached hydrogens (primary N) is 1. The van der Waals surface area contributed by atoms with Crippen molar-refractivity contribution in [3.8, 4) is 0 Å². The molecule has 0 aliphatic heterocycles. The number of amides is 1. The third-order valence-electron chi connectivity index (χ3n) is 3.07. The van der Waals surface area contributed by atoms with Gasteiger partial charge in [-0.15, -0.1) is 0 Å². The van der Waals surface area contributed by atoms with Crippen LogP contribution in [0.15, 0.2) is 0 Å². The maximum atomic E-state index is 11.9. The van der Waals surface area contributed by atoms with Gasteiger partial charge in [0.1, 0.15) is 0 Å². The molecule has 2 unspecified atom stereocenters. The van der Waals surface area contributed by atoms with Crippen LogP contribution in [0.25, 0.3) is 0 Å². The van der Waals surface area contributed by atoms with Gasteiger partial charge < -0.3 is 21.1 Å². The molecule has 4 N–H and O–H groups in total. The summed E-state index contributed by atoms with van der Waals surface area (Å²) in [6, 6.07) is 0. The Labute approximate surface area is 104 Å². The summed E-state index contributed by atoms with van der Waals surface area (Å²) in [5.41, 5.74) is 4.13. The molecule has 0 aliphatic rings. The van der Waals surface area contributed by atoms with Crippen molar-refractivity contribution in [1.29, 1.82) is 0 Å². The molecule has 0 saturated carbocycles. The number of likely N-dealkylation sites (N-methyl/N-ethyl adjacent to an activating group) is 1. The minimum absolute atomic E-state index is 0.0958. The number of carbonyl (C=O) groups is 1. The van der Waals surface area contributed by atoms with E-state index in [0.717, 1.165) is 0 Å². The van der Waals surface area contributed by atoms with Gasteiger partial charge in [-0.3, -0.25) is 4.79 Å². The van der Waals surface area contributed by atoms with Gasteiger partial charge in [0.2, 0.25) is 5.91 Å². The molecule has 0 spiro atoms. The highest BCUT2D eigenvalue weighted by Crippen LogP contribution is 2.19. The highest BCUT2D eigenvalue weighted by atomic mass is 16.3. The molecule has 0 saturated heterocycles. The van der Waals surface area contributed by atoms with E-state index < -0.39 is 11.0 Å². The van der Waals surface area contributed by atoms with E-state index in [2.05, 4.69) is 5.32 Å². The predicted molar refractivity (Wildman–Crippen MR) is 69.6 cm³/mol. The number of rotatable bonds is 7. The average Bonchev–Trinajstić information content (AvgIpc) is 2.23. The molecule has 2 atom stereocenters. The van der Waals surface area contributed by atoms with Crippen molar-refractivity contribution in [2.75, 3.05) is 33.7 Å². The molecule has 1 amide bonds. The molecule has 0 aromatic rings. The Kier molecular flexibility index (Phi) is 6.09. The molecule has 0 heterocycles. The van der Waals surface area contributed by atoms with Gasteiger partial charge in [0.15, 0.2) is 0 Å². The van der Waals surface area contributed by atoms with E-state index in [0.29, 0.717) is 19.5 Å². The van der Waals surface area contributed by atoms with Gasteiger partial charge >= 0.3 is 0 Å². The zero-order valence-corrected chi connectivity index (χ0v) is 11.7. The van der Waals surface area contributed by atoms with E-state index in [1.54, 1.807) is 6.92 Å². The molecule has 0 fully saturated rings. The second kappa shape index (κ2) is 6.33. The van der Waals surface area contributed by atoms with Crippen molar-refractivity contribution in [1.82, 2.24) is 10.2 Å². The zero-order chi connectivity index (χ0) is 13.7. The first-order chi connectivity index (χ1) is 7.67. The van der Waals surface area contributed by atoms with Crippen LogP contribution in [0.1, 0.15) is 27.2 Å². The minimum atomic E-state index is -0.928. The van der Waals surface area contributed by atoms with Gasteiger partial charge in [-0.25, -0.2) is 0 Å². The smallest absolute Gasteiger partial charge is 0.227 e. The number of hydrogen-bond acceptors (Lipinski definition) is 4. The molecule has 5 nitrogen and oxygen atoms in total. The fourth-order valence-corrected chi connectivity index (χ4v) is 1.62. The summed E-state index contributed by atoms with van der Waals surface area (Å²) in [6.45, 7) is 6.52. The Hall–Kier alpha value is -0.650. The molecule has 0 radical (unpaired) electrons. The molecule has 17 heavy (non-hydrogen) atoms. The van der Waals surface area contributed by atoms with E-state index in [-0.39, 0.29) is 12.5 Å². The Morgan fingerprint density at radius 1 is 1.41 bits per heavy atom. The van der Waals surface area contributed by atoms with Gasteiger partial charge in [-0.1, -0.05) is 6.92 Å². The largest absolute Gasteiger partial charge is 0.387 e. The van der Waals surface area contributed by atoms with Crippen LogP contribution >= 0.6 is 0 Å². The summed E-state index contributed by atoms with van der Waals surface area (Å²) < 4.78 is 0. The van der Waals surface area contributed by atoms with Crippen LogP contribution in [0.3, 0.4) is 0 Å². The van der Waals surface area contributed by atoms with Crippen molar-refractivity contribution in [2.24, 2.45) is 11.1 Å². The lowest BCUT2D eigenvalue weighted by atomic mass is 9.86. The lowest BCUT2D eigenvalue weighted by Gasteiger charge is -2.30. The number of carbonyl (C=O) groups excluding carboxylic acids is 1. The zero-order valence-electron chi connectivity index (χ0n) is 11.7. The lowest BCUT2D eigenvalue weighted by Crippen LogP contribution is -2.51. The maximum absolute atomic E-state index is 11.9. The monoisotopic (exact) mass is 245 g/mol. The Bertz CT molecular complexity index is 248. The number of aliphatic hydroxyl groups is 1. The fraction of sp³-hybridized carbons (Fsp3) is 0.917. The molecule has 5 heteroatoms. The van der Waals surface area contributed by atoms with Gasteiger partial charge in [0.25, 0.3) is 0 Å². The summed E-state index contributed by atoms with van der Waals surface area (Å²) in [6.07, 6.45) is 0.686. The van der Waals surface area contributed by atoms with Crippen LogP contribution < -0.4 is 11.1 Å². The number of nitrogens with one attached hydrogen (secondary N) is 1. The second-order valence-corrected chi connectivity index (χ2v) is 5.54. The predicted octanol–water partition coefficient (Wildman–Crippen LogP) is -0.210. The first-order valence-corrected chi connectivity index (χ1v) is 6.02. The van der Waals surface area contributed by atoms with Crippen molar-refractivity contribution in [3.63, 3.8) is 0 Å². The maximum Gasteiger partial charge on any atom is 0.227 e. The van der Waals surface area contributed by atoms with Gasteiger partial charge in [0, 0.05) is 19.6 Å². The van der Waals surface area contributed by atoms with Crippen molar-refractivity contribution in [3.05, 3.63) is 0 Å². The molecular weight excluding hydrogens is 218 g/mol. The molecule has 0 bridgehead atoms. The van der Waals surface area contributed by atoms with E-state index in [1.807, 2.05) is 32.8 Å². The van der Waals surface area contributed by atoms with Crippen LogP contribution in [0, 0.1) is 5.41 Å². The highest BCUT2D eigenvalue weighted by molar-refractivity contribution is 5.82. The second-order valence-electron chi connectivity index (χ2n) is 5.54. The van der Waals surface area contributed by atoms with Crippen molar-refractivity contribution >= 4 is 5.91 Å².